The number of carbonyl (C=O) groups is 1. The molecule has 0 amide bonds. The maximum absolute atomic E-state index is 12.6. The number of nitrogens with zero attached hydrogens (tertiary/aromatic N) is 2. The summed E-state index contributed by atoms with van der Waals surface area (Å²) in [6.07, 6.45) is 7.74. The highest BCUT2D eigenvalue weighted by Crippen LogP contribution is 2.40. The predicted octanol–water partition coefficient (Wildman–Crippen LogP) is 5.89. The van der Waals surface area contributed by atoms with Crippen LogP contribution in [0.25, 0.3) is 11.1 Å². The lowest BCUT2D eigenvalue weighted by Gasteiger charge is -2.26. The van der Waals surface area contributed by atoms with Crippen LogP contribution in [0.1, 0.15) is 40.4 Å². The van der Waals surface area contributed by atoms with Gasteiger partial charge in [0.2, 0.25) is 0 Å². The van der Waals surface area contributed by atoms with Crippen LogP contribution in [0, 0.1) is 0 Å². The fourth-order valence-electron chi connectivity index (χ4n) is 4.35. The summed E-state index contributed by atoms with van der Waals surface area (Å²) in [5.74, 6) is 1.04. The molecule has 3 aromatic carbocycles. The van der Waals surface area contributed by atoms with E-state index in [2.05, 4.69) is 29.2 Å². The van der Waals surface area contributed by atoms with E-state index < -0.39 is 0 Å². The Morgan fingerprint density at radius 2 is 1.71 bits per heavy atom. The van der Waals surface area contributed by atoms with E-state index in [0.717, 1.165) is 46.4 Å². The molecule has 0 unspecified atom stereocenters. The van der Waals surface area contributed by atoms with E-state index in [4.69, 9.17) is 4.74 Å². The van der Waals surface area contributed by atoms with Crippen molar-refractivity contribution in [3.8, 4) is 16.9 Å². The molecular weight excluding hydrogens is 384 g/mol. The van der Waals surface area contributed by atoms with E-state index in [1.54, 1.807) is 6.20 Å². The van der Waals surface area contributed by atoms with E-state index in [1.807, 2.05) is 65.6 Å². The maximum Gasteiger partial charge on any atom is 0.163 e. The normalized spacial score (nSPS) is 14.1. The summed E-state index contributed by atoms with van der Waals surface area (Å²) < 4.78 is 8.73. The van der Waals surface area contributed by atoms with E-state index in [0.29, 0.717) is 13.0 Å². The van der Waals surface area contributed by atoms with E-state index in [9.17, 15) is 4.79 Å². The molecule has 0 radical (unpaired) electrons. The van der Waals surface area contributed by atoms with Gasteiger partial charge in [-0.3, -0.25) is 4.79 Å². The van der Waals surface area contributed by atoms with E-state index in [1.165, 1.54) is 0 Å². The molecule has 1 aliphatic rings. The summed E-state index contributed by atoms with van der Waals surface area (Å²) in [6.45, 7) is 0.647. The average molecular weight is 409 g/mol. The third kappa shape index (κ3) is 4.02. The number of Topliss-reactive ketones (excluding diaryl/α,β-unsaturated/α-hetero) is 1. The zero-order valence-corrected chi connectivity index (χ0v) is 17.3. The van der Waals surface area contributed by atoms with Crippen molar-refractivity contribution in [2.24, 2.45) is 0 Å². The second kappa shape index (κ2) is 8.60. The highest BCUT2D eigenvalue weighted by Gasteiger charge is 2.25. The van der Waals surface area contributed by atoms with Crippen molar-refractivity contribution in [2.45, 2.75) is 31.9 Å². The van der Waals surface area contributed by atoms with Crippen LogP contribution in [0.3, 0.4) is 0 Å². The van der Waals surface area contributed by atoms with Crippen LogP contribution < -0.4 is 4.74 Å². The molecule has 0 N–H and O–H groups in total. The predicted molar refractivity (Wildman–Crippen MR) is 121 cm³/mol. The standard InChI is InChI=1S/C27H24N2O2/c30-24-13-7-12-23-22(24)14-15-25(27(23)21-10-5-2-6-11-21)31-26(18-29-17-16-28-19-29)20-8-3-1-4-9-20/h1-6,8-11,14-17,19,26H,7,12-13,18H2/t26-/m1/s1. The first kappa shape index (κ1) is 19.3. The second-order valence-corrected chi connectivity index (χ2v) is 7.88. The Hall–Kier alpha value is -3.66. The number of carbonyl (C=O) groups excluding carboxylic acids is 1. The molecule has 1 atom stereocenters. The molecule has 0 spiro atoms. The number of fused-ring (bicyclic) bond motifs is 1. The molecule has 0 saturated carbocycles. The number of imidazole rings is 1. The van der Waals surface area contributed by atoms with Gasteiger partial charge in [0.25, 0.3) is 0 Å². The van der Waals surface area contributed by atoms with Gasteiger partial charge in [-0.15, -0.1) is 0 Å². The number of benzene rings is 3. The molecule has 0 aliphatic heterocycles. The number of hydrogen-bond donors (Lipinski definition) is 0. The maximum atomic E-state index is 12.6. The van der Waals surface area contributed by atoms with Crippen molar-refractivity contribution in [3.63, 3.8) is 0 Å². The van der Waals surface area contributed by atoms with Gasteiger partial charge in [-0.2, -0.15) is 0 Å². The summed E-state index contributed by atoms with van der Waals surface area (Å²) >= 11 is 0. The number of ketones is 1. The average Bonchev–Trinajstić information content (AvgIpc) is 3.33. The van der Waals surface area contributed by atoms with Crippen LogP contribution >= 0.6 is 0 Å². The molecule has 1 aliphatic carbocycles. The van der Waals surface area contributed by atoms with Crippen LogP contribution in [0.4, 0.5) is 0 Å². The smallest absolute Gasteiger partial charge is 0.163 e. The lowest BCUT2D eigenvalue weighted by atomic mass is 9.84. The number of aromatic nitrogens is 2. The Bertz CT molecular complexity index is 1170. The number of ether oxygens (including phenoxy) is 1. The Labute approximate surface area is 182 Å². The molecule has 31 heavy (non-hydrogen) atoms. The first-order valence-electron chi connectivity index (χ1n) is 10.7. The summed E-state index contributed by atoms with van der Waals surface area (Å²) in [5.41, 5.74) is 5.16. The van der Waals surface area contributed by atoms with E-state index >= 15 is 0 Å². The van der Waals surface area contributed by atoms with Gasteiger partial charge in [-0.05, 0) is 41.7 Å². The van der Waals surface area contributed by atoms with Crippen molar-refractivity contribution >= 4 is 5.78 Å². The first-order valence-corrected chi connectivity index (χ1v) is 10.7. The second-order valence-electron chi connectivity index (χ2n) is 7.88. The van der Waals surface area contributed by atoms with Gasteiger partial charge in [-0.1, -0.05) is 60.7 Å². The Kier molecular flexibility index (Phi) is 5.36. The van der Waals surface area contributed by atoms with Crippen LogP contribution in [0.2, 0.25) is 0 Å². The molecule has 4 aromatic rings. The van der Waals surface area contributed by atoms with Crippen molar-refractivity contribution in [1.82, 2.24) is 9.55 Å². The minimum absolute atomic E-state index is 0.185. The highest BCUT2D eigenvalue weighted by molar-refractivity contribution is 6.01. The van der Waals surface area contributed by atoms with Gasteiger partial charge in [0, 0.05) is 29.9 Å². The fraction of sp³-hybridized carbons (Fsp3) is 0.185. The van der Waals surface area contributed by atoms with Gasteiger partial charge >= 0.3 is 0 Å². The summed E-state index contributed by atoms with van der Waals surface area (Å²) in [4.78, 5) is 16.8. The zero-order chi connectivity index (χ0) is 21.0. The van der Waals surface area contributed by atoms with Crippen LogP contribution in [0.5, 0.6) is 5.75 Å². The van der Waals surface area contributed by atoms with Crippen LogP contribution in [0.15, 0.2) is 91.5 Å². The Morgan fingerprint density at radius 3 is 2.45 bits per heavy atom. The lowest BCUT2D eigenvalue weighted by molar-refractivity contribution is 0.0972. The Balaban J connectivity index is 1.60. The van der Waals surface area contributed by atoms with Crippen molar-refractivity contribution < 1.29 is 9.53 Å². The van der Waals surface area contributed by atoms with Crippen LogP contribution in [-0.2, 0) is 13.0 Å². The first-order chi connectivity index (χ1) is 15.3. The van der Waals surface area contributed by atoms with Crippen molar-refractivity contribution in [2.75, 3.05) is 0 Å². The molecule has 5 rings (SSSR count). The number of rotatable bonds is 6. The van der Waals surface area contributed by atoms with Gasteiger partial charge in [0.15, 0.2) is 5.78 Å². The highest BCUT2D eigenvalue weighted by atomic mass is 16.5. The fourth-order valence-corrected chi connectivity index (χ4v) is 4.35. The van der Waals surface area contributed by atoms with Crippen LogP contribution in [-0.4, -0.2) is 15.3 Å². The monoisotopic (exact) mass is 408 g/mol. The molecular formula is C27H24N2O2. The molecule has 1 heterocycles. The third-order valence-electron chi connectivity index (χ3n) is 5.84. The number of hydrogen-bond acceptors (Lipinski definition) is 3. The van der Waals surface area contributed by atoms with Gasteiger partial charge in [0.05, 0.1) is 12.9 Å². The quantitative estimate of drug-likeness (QED) is 0.400. The topological polar surface area (TPSA) is 44.1 Å². The SMILES string of the molecule is O=C1CCCc2c1ccc(O[C@H](Cn1ccnc1)c1ccccc1)c2-c1ccccc1. The van der Waals surface area contributed by atoms with Gasteiger partial charge < -0.3 is 9.30 Å². The summed E-state index contributed by atoms with van der Waals surface area (Å²) in [7, 11) is 0. The summed E-state index contributed by atoms with van der Waals surface area (Å²) in [5, 5.41) is 0. The van der Waals surface area contributed by atoms with Crippen molar-refractivity contribution in [3.05, 3.63) is 108 Å². The van der Waals surface area contributed by atoms with Gasteiger partial charge in [0.1, 0.15) is 11.9 Å². The molecule has 4 nitrogen and oxygen atoms in total. The molecule has 0 fully saturated rings. The minimum Gasteiger partial charge on any atom is -0.483 e. The molecule has 1 aromatic heterocycles. The molecule has 0 bridgehead atoms. The zero-order valence-electron chi connectivity index (χ0n) is 17.3. The molecule has 0 saturated heterocycles. The Morgan fingerprint density at radius 1 is 0.935 bits per heavy atom. The molecule has 4 heteroatoms. The van der Waals surface area contributed by atoms with Gasteiger partial charge in [-0.25, -0.2) is 4.98 Å². The summed E-state index contributed by atoms with van der Waals surface area (Å²) in [6, 6.07) is 24.4. The third-order valence-corrected chi connectivity index (χ3v) is 5.84. The van der Waals surface area contributed by atoms with E-state index in [-0.39, 0.29) is 11.9 Å². The van der Waals surface area contributed by atoms with Crippen molar-refractivity contribution in [1.29, 1.82) is 0 Å². The largest absolute Gasteiger partial charge is 0.483 e. The minimum atomic E-state index is -0.185. The molecule has 154 valence electrons. The lowest BCUT2D eigenvalue weighted by Crippen LogP contribution is -2.17.